The molecule has 674 valence electrons. The Morgan fingerprint density at radius 3 is 1.12 bits per heavy atom. The van der Waals surface area contributed by atoms with Crippen molar-refractivity contribution in [1.82, 2.24) is 89.6 Å². The van der Waals surface area contributed by atoms with Gasteiger partial charge in [-0.05, 0) is 175 Å². The van der Waals surface area contributed by atoms with Crippen LogP contribution in [-0.2, 0) is 101 Å². The highest BCUT2D eigenvalue weighted by atomic mass is 16.4. The van der Waals surface area contributed by atoms with Crippen LogP contribution < -0.4 is 91.2 Å². The third-order valence-corrected chi connectivity index (χ3v) is 20.1. The number of hydrogen-bond acceptors (Lipinski definition) is 24. The molecular formula is C75H123N19O26. The highest BCUT2D eigenvalue weighted by molar-refractivity contribution is 6.01. The summed E-state index contributed by atoms with van der Waals surface area (Å²) in [6.07, 6.45) is -1.57. The Bertz CT molecular complexity index is 3640. The Labute approximate surface area is 694 Å². The predicted molar refractivity (Wildman–Crippen MR) is 422 cm³/mol. The van der Waals surface area contributed by atoms with Crippen LogP contribution in [0.1, 0.15) is 197 Å². The molecule has 3 rings (SSSR count). The normalized spacial score (nSPS) is 18.2. The van der Waals surface area contributed by atoms with Crippen LogP contribution in [0.3, 0.4) is 0 Å². The van der Waals surface area contributed by atoms with Crippen LogP contribution in [0.4, 0.5) is 0 Å². The number of amides is 16. The first-order valence-electron chi connectivity index (χ1n) is 40.5. The van der Waals surface area contributed by atoms with E-state index in [4.69, 9.17) is 16.6 Å². The number of rotatable bonds is 54. The van der Waals surface area contributed by atoms with Gasteiger partial charge in [-0.3, -0.25) is 95.9 Å². The number of carboxylic acid groups (broad SMARTS) is 5. The molecule has 3 aliphatic heterocycles. The summed E-state index contributed by atoms with van der Waals surface area (Å²) in [6, 6.07) is -21.9. The zero-order valence-corrected chi connectivity index (χ0v) is 69.3. The first-order chi connectivity index (χ1) is 56.4. The number of nitrogens with one attached hydrogen (secondary N) is 15. The van der Waals surface area contributed by atoms with Gasteiger partial charge in [0.05, 0.1) is 12.6 Å². The Kier molecular flexibility index (Phi) is 44.6. The molecule has 0 aromatic heterocycles. The first kappa shape index (κ1) is 103. The quantitative estimate of drug-likeness (QED) is 0.0252. The molecule has 45 heteroatoms. The fourth-order valence-electron chi connectivity index (χ4n) is 13.2. The van der Waals surface area contributed by atoms with Crippen molar-refractivity contribution < 1.29 is 126 Å². The summed E-state index contributed by atoms with van der Waals surface area (Å²) in [7, 11) is 0. The van der Waals surface area contributed by atoms with Crippen LogP contribution in [0, 0.1) is 11.8 Å². The standard InChI is InChI=1S/C75H123N19O26/c1-37(2)35-51(91-71(115)52-20-16-34-94(52)74(118)59(38(3)4)92-72(116)53-21-15-33-93(53)73(117)49(24-28-57(100)101)89-63(107)40(6)80-60(104)39(5)81-66(110)44-19-14-32-78-44)70(114)88-48(23-27-56(98)99)69(113)84-42(8)62(106)87-47(22-26-55(96)97)68(112)83-41(7)61(105)86-45(17-10-12-30-76)65(109)79-36-54(95)85-46(18-11-13-31-77)67(111)82-43(9)64(108)90-50(75(119)120)25-29-58(102)103/h37-53,59,78H,10-36,76-77H2,1-9H3,(H,79,109)(H,80,104)(H,81,110)(H,82,111)(H,83,112)(H,84,113)(H,85,95)(H,86,105)(H,87,106)(H,88,114)(H,89,107)(H,90,108)(H,91,115)(H,92,116)(H,96,97)(H,98,99)(H,100,101)(H,102,103)(H,119,120)/t39-,40-,41-,42-,43-,44-,45-,46-,47-,48-,49-,50-,51-,52-,53-,59-/m0/s1. The van der Waals surface area contributed by atoms with Crippen molar-refractivity contribution >= 4 is 124 Å². The summed E-state index contributed by atoms with van der Waals surface area (Å²) in [5, 5.41) is 84.6. The van der Waals surface area contributed by atoms with Gasteiger partial charge in [-0.25, -0.2) is 4.79 Å². The van der Waals surface area contributed by atoms with E-state index in [0.717, 1.165) is 18.2 Å². The highest BCUT2D eigenvalue weighted by Gasteiger charge is 2.45. The minimum atomic E-state index is -1.74. The van der Waals surface area contributed by atoms with Crippen LogP contribution in [0.5, 0.6) is 0 Å². The Morgan fingerprint density at radius 1 is 0.358 bits per heavy atom. The van der Waals surface area contributed by atoms with Crippen LogP contribution in [0.15, 0.2) is 0 Å². The van der Waals surface area contributed by atoms with Gasteiger partial charge in [0.15, 0.2) is 0 Å². The van der Waals surface area contributed by atoms with E-state index in [9.17, 15) is 121 Å². The molecule has 45 nitrogen and oxygen atoms in total. The van der Waals surface area contributed by atoms with Gasteiger partial charge in [-0.2, -0.15) is 0 Å². The molecule has 0 radical (unpaired) electrons. The van der Waals surface area contributed by atoms with Gasteiger partial charge in [0, 0.05) is 38.8 Å². The van der Waals surface area contributed by atoms with Gasteiger partial charge in [0.25, 0.3) is 0 Å². The van der Waals surface area contributed by atoms with Gasteiger partial charge in [0.2, 0.25) is 94.5 Å². The minimum Gasteiger partial charge on any atom is -0.481 e. The monoisotopic (exact) mass is 1710 g/mol. The van der Waals surface area contributed by atoms with E-state index in [0.29, 0.717) is 32.2 Å². The first-order valence-corrected chi connectivity index (χ1v) is 40.5. The number of carbonyl (C=O) groups excluding carboxylic acids is 16. The highest BCUT2D eigenvalue weighted by Crippen LogP contribution is 2.25. The SMILES string of the molecule is CC(C)C[C@H](NC(=O)[C@@H]1CCCN1C(=O)[C@@H](NC(=O)[C@@H]1CCCN1C(=O)[C@H](CCC(=O)O)NC(=O)[C@H](C)NC(=O)[C@H](C)NC(=O)[C@@H]1CCCN1)C(C)C)C(=O)N[C@@H](CCC(=O)O)C(=O)N[C@@H](C)C(=O)N[C@@H](CCC(=O)O)C(=O)N[C@@H](C)C(=O)N[C@@H](CCCCN)C(=O)NCC(=O)N[C@@H](CCCCN)C(=O)N[C@@H](C)C(=O)N[C@@H](CCC(=O)O)C(=O)O. The molecule has 3 fully saturated rings. The van der Waals surface area contributed by atoms with Gasteiger partial charge < -0.3 is 127 Å². The molecule has 0 spiro atoms. The second kappa shape index (κ2) is 51.9. The second-order valence-electron chi connectivity index (χ2n) is 30.9. The van der Waals surface area contributed by atoms with E-state index in [1.807, 2.05) is 0 Å². The largest absolute Gasteiger partial charge is 0.481 e. The van der Waals surface area contributed by atoms with E-state index in [1.165, 1.54) is 32.6 Å². The summed E-state index contributed by atoms with van der Waals surface area (Å²) in [5.41, 5.74) is 11.3. The van der Waals surface area contributed by atoms with Crippen LogP contribution in [-0.4, -0.2) is 296 Å². The molecule has 0 bridgehead atoms. The summed E-state index contributed by atoms with van der Waals surface area (Å²) >= 11 is 0. The van der Waals surface area contributed by atoms with Crippen molar-refractivity contribution in [3.8, 4) is 0 Å². The number of likely N-dealkylation sites (tertiary alicyclic amines) is 2. The third-order valence-electron chi connectivity index (χ3n) is 20.1. The fourth-order valence-corrected chi connectivity index (χ4v) is 13.2. The second-order valence-corrected chi connectivity index (χ2v) is 30.9. The van der Waals surface area contributed by atoms with Crippen molar-refractivity contribution in [2.75, 3.05) is 39.3 Å². The summed E-state index contributed by atoms with van der Waals surface area (Å²) in [5.74, 6) is -22.2. The maximum Gasteiger partial charge on any atom is 0.326 e. The lowest BCUT2D eigenvalue weighted by Crippen LogP contribution is -2.61. The smallest absolute Gasteiger partial charge is 0.326 e. The number of carboxylic acids is 5. The van der Waals surface area contributed by atoms with E-state index in [-0.39, 0.29) is 83.5 Å². The van der Waals surface area contributed by atoms with E-state index in [1.54, 1.807) is 27.7 Å². The Hall–Kier alpha value is -11.2. The van der Waals surface area contributed by atoms with Gasteiger partial charge in [-0.15, -0.1) is 0 Å². The maximum absolute atomic E-state index is 14.7. The molecule has 3 saturated heterocycles. The van der Waals surface area contributed by atoms with Crippen LogP contribution in [0.2, 0.25) is 0 Å². The Balaban J connectivity index is 1.74. The number of hydrogen-bond donors (Lipinski definition) is 22. The lowest BCUT2D eigenvalue weighted by atomic mass is 10.00. The lowest BCUT2D eigenvalue weighted by molar-refractivity contribution is -0.146. The number of aliphatic carboxylic acids is 5. The summed E-state index contributed by atoms with van der Waals surface area (Å²) in [4.78, 5) is 281. The average Bonchev–Trinajstić information content (AvgIpc) is 1.64. The molecule has 3 heterocycles. The van der Waals surface area contributed by atoms with Crippen LogP contribution >= 0.6 is 0 Å². The van der Waals surface area contributed by atoms with Crippen molar-refractivity contribution in [2.24, 2.45) is 23.3 Å². The van der Waals surface area contributed by atoms with Gasteiger partial charge in [-0.1, -0.05) is 27.7 Å². The third kappa shape index (κ3) is 35.7. The van der Waals surface area contributed by atoms with E-state index in [2.05, 4.69) is 79.8 Å². The molecule has 0 aliphatic carbocycles. The Morgan fingerprint density at radius 2 is 0.717 bits per heavy atom. The van der Waals surface area contributed by atoms with Crippen molar-refractivity contribution in [2.45, 2.75) is 294 Å². The summed E-state index contributed by atoms with van der Waals surface area (Å²) in [6.45, 7) is 13.1. The van der Waals surface area contributed by atoms with Gasteiger partial charge >= 0.3 is 29.8 Å². The molecule has 0 saturated carbocycles. The molecule has 24 N–H and O–H groups in total. The number of unbranched alkanes of at least 4 members (excludes halogenated alkanes) is 2. The number of nitrogens with two attached hydrogens (primary N) is 2. The fraction of sp³-hybridized carbons (Fsp3) is 0.720. The topological polar surface area (TPSA) is 699 Å². The van der Waals surface area contributed by atoms with Crippen molar-refractivity contribution in [3.63, 3.8) is 0 Å². The minimum absolute atomic E-state index is 0.00196. The molecule has 0 aromatic carbocycles. The average molecular weight is 1710 g/mol. The maximum atomic E-state index is 14.7. The predicted octanol–water partition coefficient (Wildman–Crippen LogP) is -6.26. The molecule has 16 atom stereocenters. The zero-order chi connectivity index (χ0) is 90.4. The summed E-state index contributed by atoms with van der Waals surface area (Å²) < 4.78 is 0. The molecule has 3 aliphatic rings. The molecule has 0 aromatic rings. The van der Waals surface area contributed by atoms with E-state index < -0.39 is 285 Å². The van der Waals surface area contributed by atoms with Crippen LogP contribution in [0.25, 0.3) is 0 Å². The molecule has 16 amide bonds. The van der Waals surface area contributed by atoms with Gasteiger partial charge in [0.1, 0.15) is 90.6 Å². The molecular weight excluding hydrogens is 1580 g/mol. The zero-order valence-electron chi connectivity index (χ0n) is 69.3. The number of carbonyl (C=O) groups is 21. The van der Waals surface area contributed by atoms with Crippen molar-refractivity contribution in [3.05, 3.63) is 0 Å². The van der Waals surface area contributed by atoms with E-state index >= 15 is 0 Å². The van der Waals surface area contributed by atoms with Crippen molar-refractivity contribution in [1.29, 1.82) is 0 Å². The molecule has 120 heavy (non-hydrogen) atoms. The molecule has 0 unspecified atom stereocenters. The lowest BCUT2D eigenvalue weighted by Gasteiger charge is -2.33. The number of nitrogens with zero attached hydrogens (tertiary/aromatic N) is 2.